The van der Waals surface area contributed by atoms with Gasteiger partial charge in [0.1, 0.15) is 0 Å². The summed E-state index contributed by atoms with van der Waals surface area (Å²) in [6.45, 7) is 7.30. The van der Waals surface area contributed by atoms with Crippen LogP contribution in [0.2, 0.25) is 0 Å². The highest BCUT2D eigenvalue weighted by atomic mass is 16.3. The zero-order valence-corrected chi connectivity index (χ0v) is 21.0. The zero-order chi connectivity index (χ0) is 23.0. The second-order valence-electron chi connectivity index (χ2n) is 12.6. The molecule has 0 heterocycles. The number of fused-ring (bicyclic) bond motifs is 5. The molecule has 3 saturated carbocycles. The number of aliphatic hydroxyl groups is 2. The molecule has 182 valence electrons. The van der Waals surface area contributed by atoms with Gasteiger partial charge in [-0.15, -0.1) is 0 Å². The van der Waals surface area contributed by atoms with Crippen LogP contribution in [0.15, 0.2) is 11.6 Å². The molecule has 2 N–H and O–H groups in total. The summed E-state index contributed by atoms with van der Waals surface area (Å²) in [5.41, 5.74) is 1.21. The summed E-state index contributed by atoms with van der Waals surface area (Å²) in [4.78, 5) is 12.3. The SMILES string of the molecule is C[C@]12CCC(=O)C=C1C[C@@H](CCCCCCCCCO)C1C2CC[C@@]2(C)C1CC[C@]2(C)O. The van der Waals surface area contributed by atoms with Gasteiger partial charge in [-0.1, -0.05) is 57.9 Å². The predicted octanol–water partition coefficient (Wildman–Crippen LogP) is 6.61. The van der Waals surface area contributed by atoms with Gasteiger partial charge in [-0.25, -0.2) is 0 Å². The topological polar surface area (TPSA) is 57.5 Å². The van der Waals surface area contributed by atoms with Crippen molar-refractivity contribution in [3.63, 3.8) is 0 Å². The zero-order valence-electron chi connectivity index (χ0n) is 21.0. The van der Waals surface area contributed by atoms with Crippen LogP contribution in [0.1, 0.15) is 117 Å². The first-order valence-electron chi connectivity index (χ1n) is 13.8. The van der Waals surface area contributed by atoms with E-state index in [0.717, 1.165) is 44.9 Å². The summed E-state index contributed by atoms with van der Waals surface area (Å²) in [6.07, 6.45) is 19.3. The van der Waals surface area contributed by atoms with Crippen LogP contribution in [0.5, 0.6) is 0 Å². The first kappa shape index (κ1) is 24.5. The molecule has 0 spiro atoms. The van der Waals surface area contributed by atoms with Crippen LogP contribution in [0.25, 0.3) is 0 Å². The van der Waals surface area contributed by atoms with E-state index in [1.54, 1.807) is 0 Å². The third-order valence-electron chi connectivity index (χ3n) is 10.9. The van der Waals surface area contributed by atoms with Crippen molar-refractivity contribution in [2.45, 2.75) is 123 Å². The van der Waals surface area contributed by atoms with E-state index >= 15 is 0 Å². The summed E-state index contributed by atoms with van der Waals surface area (Å²) >= 11 is 0. The largest absolute Gasteiger partial charge is 0.396 e. The van der Waals surface area contributed by atoms with E-state index in [1.807, 2.05) is 6.08 Å². The lowest BCUT2D eigenvalue weighted by molar-refractivity contribution is -0.135. The molecule has 0 saturated heterocycles. The molecular weight excluding hydrogens is 396 g/mol. The van der Waals surface area contributed by atoms with Crippen LogP contribution in [-0.2, 0) is 4.79 Å². The second kappa shape index (κ2) is 9.53. The van der Waals surface area contributed by atoms with Crippen molar-refractivity contribution in [2.24, 2.45) is 34.5 Å². The van der Waals surface area contributed by atoms with Gasteiger partial charge >= 0.3 is 0 Å². The van der Waals surface area contributed by atoms with Gasteiger partial charge < -0.3 is 10.2 Å². The van der Waals surface area contributed by atoms with Gasteiger partial charge in [-0.2, -0.15) is 0 Å². The maximum Gasteiger partial charge on any atom is 0.155 e. The molecule has 0 aromatic heterocycles. The van der Waals surface area contributed by atoms with Crippen LogP contribution in [0, 0.1) is 34.5 Å². The number of aliphatic hydroxyl groups excluding tert-OH is 1. The number of ketones is 1. The lowest BCUT2D eigenvalue weighted by Crippen LogP contribution is -2.56. The van der Waals surface area contributed by atoms with Crippen LogP contribution in [-0.4, -0.2) is 28.2 Å². The Morgan fingerprint density at radius 3 is 2.28 bits per heavy atom. The minimum atomic E-state index is -0.526. The molecule has 0 radical (unpaired) electrons. The van der Waals surface area contributed by atoms with Gasteiger partial charge in [0.05, 0.1) is 5.60 Å². The lowest BCUT2D eigenvalue weighted by Gasteiger charge is -2.61. The fraction of sp³-hybridized carbons (Fsp3) is 0.897. The summed E-state index contributed by atoms with van der Waals surface area (Å²) in [6, 6.07) is 0. The molecule has 3 nitrogen and oxygen atoms in total. The molecule has 0 aliphatic heterocycles. The summed E-state index contributed by atoms with van der Waals surface area (Å²) in [5, 5.41) is 20.3. The van der Waals surface area contributed by atoms with Gasteiger partial charge in [0, 0.05) is 13.0 Å². The lowest BCUT2D eigenvalue weighted by atomic mass is 9.44. The number of allylic oxidation sites excluding steroid dienone is 1. The first-order chi connectivity index (χ1) is 15.2. The van der Waals surface area contributed by atoms with Gasteiger partial charge in [-0.05, 0) is 98.9 Å². The Morgan fingerprint density at radius 1 is 0.906 bits per heavy atom. The number of hydrogen-bond acceptors (Lipinski definition) is 3. The minimum absolute atomic E-state index is 0.0567. The van der Waals surface area contributed by atoms with Gasteiger partial charge in [0.2, 0.25) is 0 Å². The summed E-state index contributed by atoms with van der Waals surface area (Å²) < 4.78 is 0. The average molecular weight is 445 g/mol. The molecule has 3 heteroatoms. The monoisotopic (exact) mass is 444 g/mol. The Kier molecular flexibility index (Phi) is 7.28. The molecule has 4 aliphatic carbocycles. The standard InChI is InChI=1S/C29H48O3/c1-27-15-12-23(31)20-22(27)19-21(11-9-7-5-4-6-8-10-18-30)26-24(27)13-16-28(2)25(26)14-17-29(28,3)32/h20-21,24-26,30,32H,4-19H2,1-3H3/t21-,24?,25?,26?,27+,28+,29+/m1/s1. The van der Waals surface area contributed by atoms with E-state index in [0.29, 0.717) is 36.1 Å². The van der Waals surface area contributed by atoms with Crippen molar-refractivity contribution >= 4 is 5.78 Å². The fourth-order valence-corrected chi connectivity index (χ4v) is 8.65. The maximum atomic E-state index is 12.3. The normalized spacial score (nSPS) is 43.4. The molecular formula is C29H48O3. The number of carbonyl (C=O) groups excluding carboxylic acids is 1. The number of carbonyl (C=O) groups is 1. The Balaban J connectivity index is 1.48. The molecule has 32 heavy (non-hydrogen) atoms. The average Bonchev–Trinajstić information content (AvgIpc) is 3.00. The maximum absolute atomic E-state index is 12.3. The van der Waals surface area contributed by atoms with E-state index in [2.05, 4.69) is 20.8 Å². The Labute approximate surface area is 196 Å². The molecule has 0 aromatic carbocycles. The molecule has 4 aliphatic rings. The quantitative estimate of drug-likeness (QED) is 0.393. The van der Waals surface area contributed by atoms with Crippen molar-refractivity contribution in [3.8, 4) is 0 Å². The van der Waals surface area contributed by atoms with E-state index in [4.69, 9.17) is 5.11 Å². The van der Waals surface area contributed by atoms with Gasteiger partial charge in [-0.3, -0.25) is 4.79 Å². The number of rotatable bonds is 9. The van der Waals surface area contributed by atoms with E-state index < -0.39 is 5.60 Å². The van der Waals surface area contributed by atoms with Crippen molar-refractivity contribution in [1.29, 1.82) is 0 Å². The van der Waals surface area contributed by atoms with Crippen LogP contribution >= 0.6 is 0 Å². The highest BCUT2D eigenvalue weighted by Crippen LogP contribution is 2.69. The van der Waals surface area contributed by atoms with Crippen molar-refractivity contribution in [3.05, 3.63) is 11.6 Å². The number of hydrogen-bond donors (Lipinski definition) is 2. The Morgan fingerprint density at radius 2 is 1.56 bits per heavy atom. The van der Waals surface area contributed by atoms with E-state index in [9.17, 15) is 9.90 Å². The first-order valence-corrected chi connectivity index (χ1v) is 13.8. The second-order valence-corrected chi connectivity index (χ2v) is 12.6. The Bertz CT molecular complexity index is 709. The van der Waals surface area contributed by atoms with Crippen molar-refractivity contribution in [2.75, 3.05) is 6.61 Å². The molecule has 3 fully saturated rings. The molecule has 7 atom stereocenters. The summed E-state index contributed by atoms with van der Waals surface area (Å²) in [5.74, 6) is 3.06. The minimum Gasteiger partial charge on any atom is -0.396 e. The highest BCUT2D eigenvalue weighted by Gasteiger charge is 2.64. The van der Waals surface area contributed by atoms with Gasteiger partial charge in [0.15, 0.2) is 5.78 Å². The summed E-state index contributed by atoms with van der Waals surface area (Å²) in [7, 11) is 0. The molecule has 4 rings (SSSR count). The van der Waals surface area contributed by atoms with E-state index in [-0.39, 0.29) is 10.8 Å². The molecule has 0 bridgehead atoms. The Hall–Kier alpha value is -0.670. The molecule has 0 aromatic rings. The highest BCUT2D eigenvalue weighted by molar-refractivity contribution is 5.91. The van der Waals surface area contributed by atoms with Gasteiger partial charge in [0.25, 0.3) is 0 Å². The smallest absolute Gasteiger partial charge is 0.155 e. The van der Waals surface area contributed by atoms with E-state index in [1.165, 1.54) is 56.9 Å². The third-order valence-corrected chi connectivity index (χ3v) is 10.9. The molecule has 0 amide bonds. The number of unbranched alkanes of at least 4 members (excludes halogenated alkanes) is 6. The van der Waals surface area contributed by atoms with Crippen LogP contribution in [0.3, 0.4) is 0 Å². The third kappa shape index (κ3) is 4.26. The van der Waals surface area contributed by atoms with Crippen molar-refractivity contribution in [1.82, 2.24) is 0 Å². The van der Waals surface area contributed by atoms with Crippen LogP contribution in [0.4, 0.5) is 0 Å². The fourth-order valence-electron chi connectivity index (χ4n) is 8.65. The van der Waals surface area contributed by atoms with Crippen molar-refractivity contribution < 1.29 is 15.0 Å². The predicted molar refractivity (Wildman–Crippen MR) is 130 cm³/mol. The van der Waals surface area contributed by atoms with Crippen LogP contribution < -0.4 is 0 Å². The molecule has 3 unspecified atom stereocenters.